The van der Waals surface area contributed by atoms with E-state index in [0.29, 0.717) is 37.6 Å². The highest BCUT2D eigenvalue weighted by molar-refractivity contribution is 6.35. The minimum Gasteiger partial charge on any atom is -0.467 e. The van der Waals surface area contributed by atoms with Crippen molar-refractivity contribution in [3.8, 4) is 0 Å². The molecule has 0 unspecified atom stereocenters. The number of nitrogens with one attached hydrogen (secondary N) is 2. The fourth-order valence-corrected chi connectivity index (χ4v) is 3.27. The summed E-state index contributed by atoms with van der Waals surface area (Å²) in [6.07, 6.45) is 1.51. The number of H-pyrrole nitrogens is 1. The van der Waals surface area contributed by atoms with Gasteiger partial charge in [0.15, 0.2) is 0 Å². The second-order valence-corrected chi connectivity index (χ2v) is 6.62. The Kier molecular flexibility index (Phi) is 4.84. The number of hydrogen-bond acceptors (Lipinski definition) is 4. The second-order valence-electron chi connectivity index (χ2n) is 6.62. The maximum atomic E-state index is 12.7. The molecule has 3 amide bonds. The monoisotopic (exact) mass is 380 g/mol. The normalized spacial score (nSPS) is 14.3. The zero-order valence-corrected chi connectivity index (χ0v) is 15.2. The Morgan fingerprint density at radius 1 is 1.00 bits per heavy atom. The first-order valence-electron chi connectivity index (χ1n) is 9.08. The van der Waals surface area contributed by atoms with Crippen molar-refractivity contribution in [2.45, 2.75) is 6.54 Å². The number of carbonyl (C=O) groups is 3. The molecule has 1 aromatic carbocycles. The molecule has 3 aromatic rings. The summed E-state index contributed by atoms with van der Waals surface area (Å²) in [5.74, 6) is -0.795. The Morgan fingerprint density at radius 2 is 1.75 bits per heavy atom. The third-order valence-electron chi connectivity index (χ3n) is 4.81. The van der Waals surface area contributed by atoms with E-state index in [9.17, 15) is 14.4 Å². The van der Waals surface area contributed by atoms with E-state index in [-0.39, 0.29) is 12.5 Å². The van der Waals surface area contributed by atoms with Gasteiger partial charge in [0.05, 0.1) is 12.8 Å². The van der Waals surface area contributed by atoms with E-state index < -0.39 is 11.8 Å². The van der Waals surface area contributed by atoms with Gasteiger partial charge in [-0.15, -0.1) is 0 Å². The highest BCUT2D eigenvalue weighted by atomic mass is 16.3. The van der Waals surface area contributed by atoms with Gasteiger partial charge in [-0.25, -0.2) is 0 Å². The average Bonchev–Trinajstić information content (AvgIpc) is 3.40. The van der Waals surface area contributed by atoms with Crippen LogP contribution < -0.4 is 5.32 Å². The van der Waals surface area contributed by atoms with Crippen molar-refractivity contribution in [3.63, 3.8) is 0 Å². The minimum absolute atomic E-state index is 0.106. The molecule has 0 bridgehead atoms. The van der Waals surface area contributed by atoms with E-state index in [2.05, 4.69) is 10.3 Å². The zero-order chi connectivity index (χ0) is 19.5. The lowest BCUT2D eigenvalue weighted by molar-refractivity contribution is -0.146. The summed E-state index contributed by atoms with van der Waals surface area (Å²) in [7, 11) is 0. The number of para-hydroxylation sites is 1. The summed E-state index contributed by atoms with van der Waals surface area (Å²) in [5, 5.41) is 3.53. The molecule has 0 atom stereocenters. The van der Waals surface area contributed by atoms with Gasteiger partial charge in [-0.05, 0) is 24.3 Å². The maximum Gasteiger partial charge on any atom is 0.312 e. The molecule has 2 aromatic heterocycles. The number of rotatable bonds is 3. The Bertz CT molecular complexity index is 967. The standard InChI is InChI=1S/C20H20N4O4/c25-18(21-13-15-5-3-11-28-15)20(27)24-9-7-23(8-10-24)19(26)17-12-14-4-1-2-6-16(14)22-17/h1-6,11-12,22H,7-10,13H2,(H,21,25). The first-order valence-corrected chi connectivity index (χ1v) is 9.08. The summed E-state index contributed by atoms with van der Waals surface area (Å²) in [6, 6.07) is 13.0. The fraction of sp³-hybridized carbons (Fsp3) is 0.250. The third kappa shape index (κ3) is 3.62. The van der Waals surface area contributed by atoms with E-state index in [1.165, 1.54) is 11.2 Å². The molecule has 8 heteroatoms. The summed E-state index contributed by atoms with van der Waals surface area (Å²) >= 11 is 0. The first-order chi connectivity index (χ1) is 13.6. The number of hydrogen-bond donors (Lipinski definition) is 2. The Balaban J connectivity index is 1.31. The molecule has 2 N–H and O–H groups in total. The van der Waals surface area contributed by atoms with Crippen LogP contribution in [0.1, 0.15) is 16.2 Å². The van der Waals surface area contributed by atoms with Crippen LogP contribution in [0.4, 0.5) is 0 Å². The van der Waals surface area contributed by atoms with Crippen molar-refractivity contribution in [3.05, 3.63) is 60.2 Å². The van der Waals surface area contributed by atoms with Crippen LogP contribution in [-0.2, 0) is 16.1 Å². The van der Waals surface area contributed by atoms with E-state index in [1.54, 1.807) is 17.0 Å². The van der Waals surface area contributed by atoms with Crippen LogP contribution in [0.15, 0.2) is 53.1 Å². The number of furan rings is 1. The molecule has 0 aliphatic carbocycles. The lowest BCUT2D eigenvalue weighted by atomic mass is 10.2. The number of carbonyl (C=O) groups excluding carboxylic acids is 3. The molecular formula is C20H20N4O4. The lowest BCUT2D eigenvalue weighted by Crippen LogP contribution is -2.53. The van der Waals surface area contributed by atoms with Gasteiger partial charge in [-0.1, -0.05) is 18.2 Å². The molecule has 3 heterocycles. The molecule has 1 aliphatic heterocycles. The molecule has 1 saturated heterocycles. The van der Waals surface area contributed by atoms with E-state index in [1.807, 2.05) is 30.3 Å². The smallest absolute Gasteiger partial charge is 0.312 e. The van der Waals surface area contributed by atoms with E-state index in [4.69, 9.17) is 4.42 Å². The Hall–Kier alpha value is -3.55. The van der Waals surface area contributed by atoms with Crippen molar-refractivity contribution in [2.24, 2.45) is 0 Å². The molecule has 0 saturated carbocycles. The average molecular weight is 380 g/mol. The molecule has 4 rings (SSSR count). The SMILES string of the molecule is O=C(NCc1ccco1)C(=O)N1CCN(C(=O)c2cc3ccccc3[nH]2)CC1. The number of amides is 3. The van der Waals surface area contributed by atoms with Crippen molar-refractivity contribution in [2.75, 3.05) is 26.2 Å². The van der Waals surface area contributed by atoms with E-state index >= 15 is 0 Å². The summed E-state index contributed by atoms with van der Waals surface area (Å²) < 4.78 is 5.13. The van der Waals surface area contributed by atoms with Gasteiger partial charge < -0.3 is 24.5 Å². The van der Waals surface area contributed by atoms with Gasteiger partial charge in [0.25, 0.3) is 5.91 Å². The van der Waals surface area contributed by atoms with Crippen LogP contribution in [0.5, 0.6) is 0 Å². The lowest BCUT2D eigenvalue weighted by Gasteiger charge is -2.34. The van der Waals surface area contributed by atoms with Gasteiger partial charge in [0.1, 0.15) is 11.5 Å². The number of nitrogens with zero attached hydrogens (tertiary/aromatic N) is 2. The predicted octanol–water partition coefficient (Wildman–Crippen LogP) is 1.36. The van der Waals surface area contributed by atoms with Crippen LogP contribution in [0.25, 0.3) is 10.9 Å². The number of aromatic nitrogens is 1. The van der Waals surface area contributed by atoms with Crippen molar-refractivity contribution in [1.29, 1.82) is 0 Å². The number of piperazine rings is 1. The van der Waals surface area contributed by atoms with Crippen LogP contribution in [0, 0.1) is 0 Å². The van der Waals surface area contributed by atoms with Crippen molar-refractivity contribution in [1.82, 2.24) is 20.1 Å². The minimum atomic E-state index is -0.674. The zero-order valence-electron chi connectivity index (χ0n) is 15.2. The molecule has 1 aliphatic rings. The van der Waals surface area contributed by atoms with E-state index in [0.717, 1.165) is 10.9 Å². The molecule has 8 nitrogen and oxygen atoms in total. The van der Waals surface area contributed by atoms with Crippen LogP contribution in [-0.4, -0.2) is 58.7 Å². The fourth-order valence-electron chi connectivity index (χ4n) is 3.27. The first kappa shape index (κ1) is 17.8. The van der Waals surface area contributed by atoms with Crippen LogP contribution in [0.2, 0.25) is 0 Å². The van der Waals surface area contributed by atoms with Gasteiger partial charge in [-0.3, -0.25) is 14.4 Å². The van der Waals surface area contributed by atoms with Crippen LogP contribution in [0.3, 0.4) is 0 Å². The summed E-state index contributed by atoms with van der Waals surface area (Å²) in [5.41, 5.74) is 1.44. The molecule has 28 heavy (non-hydrogen) atoms. The molecule has 144 valence electrons. The summed E-state index contributed by atoms with van der Waals surface area (Å²) in [6.45, 7) is 1.56. The molecule has 0 radical (unpaired) electrons. The number of aromatic amines is 1. The van der Waals surface area contributed by atoms with Crippen molar-refractivity contribution >= 4 is 28.6 Å². The topological polar surface area (TPSA) is 98.7 Å². The third-order valence-corrected chi connectivity index (χ3v) is 4.81. The highest BCUT2D eigenvalue weighted by Gasteiger charge is 2.28. The second kappa shape index (κ2) is 7.59. The van der Waals surface area contributed by atoms with Gasteiger partial charge >= 0.3 is 11.8 Å². The Morgan fingerprint density at radius 3 is 2.46 bits per heavy atom. The molecule has 0 spiro atoms. The highest BCUT2D eigenvalue weighted by Crippen LogP contribution is 2.17. The maximum absolute atomic E-state index is 12.7. The number of benzene rings is 1. The largest absolute Gasteiger partial charge is 0.467 e. The van der Waals surface area contributed by atoms with Crippen molar-refractivity contribution < 1.29 is 18.8 Å². The van der Waals surface area contributed by atoms with Gasteiger partial charge in [0.2, 0.25) is 0 Å². The quantitative estimate of drug-likeness (QED) is 0.671. The summed E-state index contributed by atoms with van der Waals surface area (Å²) in [4.78, 5) is 43.3. The molecular weight excluding hydrogens is 360 g/mol. The number of fused-ring (bicyclic) bond motifs is 1. The van der Waals surface area contributed by atoms with Crippen LogP contribution >= 0.6 is 0 Å². The Labute approximate surface area is 161 Å². The molecule has 1 fully saturated rings. The van der Waals surface area contributed by atoms with Gasteiger partial charge in [-0.2, -0.15) is 0 Å². The van der Waals surface area contributed by atoms with Gasteiger partial charge in [0, 0.05) is 37.1 Å². The predicted molar refractivity (Wildman–Crippen MR) is 101 cm³/mol.